The molecule has 0 saturated heterocycles. The second-order valence-corrected chi connectivity index (χ2v) is 3.31. The maximum atomic E-state index is 4.95. The number of methoxy groups -OCH3 is 1. The summed E-state index contributed by atoms with van der Waals surface area (Å²) in [5.41, 5.74) is 6.01. The van der Waals surface area contributed by atoms with Crippen LogP contribution in [0.4, 0.5) is 0 Å². The van der Waals surface area contributed by atoms with E-state index in [2.05, 4.69) is 15.5 Å². The van der Waals surface area contributed by atoms with Gasteiger partial charge in [0.2, 0.25) is 0 Å². The van der Waals surface area contributed by atoms with E-state index in [9.17, 15) is 0 Å². The van der Waals surface area contributed by atoms with Crippen LogP contribution < -0.4 is 5.43 Å². The standard InChI is InChI=1S/C10H14N4O/c1-8-3-4-10-9(13-8)7-12-14(10)11-5-6-15-2/h3-4,7,11H,5-6H2,1-2H3. The SMILES string of the molecule is COCCNn1ncc2nc(C)ccc21. The second-order valence-electron chi connectivity index (χ2n) is 3.31. The van der Waals surface area contributed by atoms with Crippen LogP contribution in [0.2, 0.25) is 0 Å². The van der Waals surface area contributed by atoms with Gasteiger partial charge < -0.3 is 10.2 Å². The molecule has 80 valence electrons. The van der Waals surface area contributed by atoms with Crippen molar-refractivity contribution < 1.29 is 4.74 Å². The number of aryl methyl sites for hydroxylation is 1. The summed E-state index contributed by atoms with van der Waals surface area (Å²) in [6.45, 7) is 3.34. The molecule has 0 aliphatic carbocycles. The van der Waals surface area contributed by atoms with E-state index in [0.717, 1.165) is 23.3 Å². The summed E-state index contributed by atoms with van der Waals surface area (Å²) in [5.74, 6) is 0. The van der Waals surface area contributed by atoms with E-state index in [4.69, 9.17) is 4.74 Å². The Kier molecular flexibility index (Phi) is 2.82. The fourth-order valence-corrected chi connectivity index (χ4v) is 1.40. The van der Waals surface area contributed by atoms with Gasteiger partial charge >= 0.3 is 0 Å². The molecule has 0 saturated carbocycles. The Morgan fingerprint density at radius 3 is 3.13 bits per heavy atom. The van der Waals surface area contributed by atoms with Gasteiger partial charge in [-0.05, 0) is 19.1 Å². The summed E-state index contributed by atoms with van der Waals surface area (Å²) in [6.07, 6.45) is 1.75. The lowest BCUT2D eigenvalue weighted by molar-refractivity contribution is 0.208. The van der Waals surface area contributed by atoms with Crippen molar-refractivity contribution in [1.29, 1.82) is 0 Å². The minimum absolute atomic E-state index is 0.653. The van der Waals surface area contributed by atoms with Crippen molar-refractivity contribution in [1.82, 2.24) is 14.9 Å². The van der Waals surface area contributed by atoms with Gasteiger partial charge in [-0.25, -0.2) is 4.98 Å². The molecule has 1 N–H and O–H groups in total. The van der Waals surface area contributed by atoms with Crippen molar-refractivity contribution in [3.8, 4) is 0 Å². The first-order chi connectivity index (χ1) is 7.31. The first-order valence-electron chi connectivity index (χ1n) is 4.85. The fraction of sp³-hybridized carbons (Fsp3) is 0.400. The van der Waals surface area contributed by atoms with Gasteiger partial charge in [-0.1, -0.05) is 0 Å². The summed E-state index contributed by atoms with van der Waals surface area (Å²) in [6, 6.07) is 3.98. The average Bonchev–Trinajstić information content (AvgIpc) is 2.61. The molecule has 5 heteroatoms. The maximum Gasteiger partial charge on any atom is 0.111 e. The largest absolute Gasteiger partial charge is 0.383 e. The lowest BCUT2D eigenvalue weighted by Crippen LogP contribution is -2.20. The van der Waals surface area contributed by atoms with E-state index in [0.29, 0.717) is 6.61 Å². The van der Waals surface area contributed by atoms with Crippen LogP contribution in [0.15, 0.2) is 18.3 Å². The molecule has 0 aliphatic rings. The van der Waals surface area contributed by atoms with Crippen molar-refractivity contribution in [2.24, 2.45) is 0 Å². The summed E-state index contributed by atoms with van der Waals surface area (Å²) >= 11 is 0. The molecule has 0 atom stereocenters. The van der Waals surface area contributed by atoms with Gasteiger partial charge in [0, 0.05) is 12.8 Å². The lowest BCUT2D eigenvalue weighted by Gasteiger charge is -2.06. The number of nitrogens with zero attached hydrogens (tertiary/aromatic N) is 3. The van der Waals surface area contributed by atoms with Gasteiger partial charge in [0.15, 0.2) is 0 Å². The fourth-order valence-electron chi connectivity index (χ4n) is 1.40. The predicted molar refractivity (Wildman–Crippen MR) is 58.4 cm³/mol. The van der Waals surface area contributed by atoms with E-state index in [1.54, 1.807) is 18.1 Å². The number of hydrogen-bond acceptors (Lipinski definition) is 4. The van der Waals surface area contributed by atoms with Crippen LogP contribution in [-0.4, -0.2) is 35.1 Å². The quantitative estimate of drug-likeness (QED) is 0.756. The highest BCUT2D eigenvalue weighted by molar-refractivity contribution is 5.74. The van der Waals surface area contributed by atoms with E-state index in [1.165, 1.54) is 0 Å². The Hall–Kier alpha value is -1.62. The van der Waals surface area contributed by atoms with Crippen molar-refractivity contribution in [2.45, 2.75) is 6.92 Å². The molecule has 2 aromatic rings. The second kappa shape index (κ2) is 4.27. The number of fused-ring (bicyclic) bond motifs is 1. The molecule has 0 unspecified atom stereocenters. The smallest absolute Gasteiger partial charge is 0.111 e. The molecule has 2 heterocycles. The van der Waals surface area contributed by atoms with Crippen LogP contribution in [0.25, 0.3) is 11.0 Å². The van der Waals surface area contributed by atoms with Gasteiger partial charge in [0.25, 0.3) is 0 Å². The Balaban J connectivity index is 2.21. The number of hydrogen-bond donors (Lipinski definition) is 1. The van der Waals surface area contributed by atoms with E-state index < -0.39 is 0 Å². The van der Waals surface area contributed by atoms with Crippen LogP contribution in [0.1, 0.15) is 5.69 Å². The summed E-state index contributed by atoms with van der Waals surface area (Å²) in [7, 11) is 1.67. The summed E-state index contributed by atoms with van der Waals surface area (Å²) in [4.78, 5) is 6.09. The molecule has 2 aromatic heterocycles. The molecular weight excluding hydrogens is 192 g/mol. The third-order valence-electron chi connectivity index (χ3n) is 2.13. The molecule has 15 heavy (non-hydrogen) atoms. The topological polar surface area (TPSA) is 52.0 Å². The zero-order valence-electron chi connectivity index (χ0n) is 8.90. The minimum Gasteiger partial charge on any atom is -0.383 e. The third-order valence-corrected chi connectivity index (χ3v) is 2.13. The van der Waals surface area contributed by atoms with Crippen molar-refractivity contribution in [3.05, 3.63) is 24.0 Å². The van der Waals surface area contributed by atoms with Gasteiger partial charge in [-0.2, -0.15) is 9.89 Å². The van der Waals surface area contributed by atoms with Crippen LogP contribution >= 0.6 is 0 Å². The molecule has 0 aliphatic heterocycles. The Morgan fingerprint density at radius 2 is 2.33 bits per heavy atom. The predicted octanol–water partition coefficient (Wildman–Crippen LogP) is 0.930. The molecule has 0 radical (unpaired) electrons. The van der Waals surface area contributed by atoms with Crippen LogP contribution in [-0.2, 0) is 4.74 Å². The highest BCUT2D eigenvalue weighted by Gasteiger charge is 2.02. The van der Waals surface area contributed by atoms with Gasteiger partial charge in [0.05, 0.1) is 19.3 Å². The molecule has 0 bridgehead atoms. The van der Waals surface area contributed by atoms with Crippen LogP contribution in [0.5, 0.6) is 0 Å². The first kappa shape index (κ1) is 9.92. The maximum absolute atomic E-state index is 4.95. The molecular formula is C10H14N4O. The van der Waals surface area contributed by atoms with Gasteiger partial charge in [-0.15, -0.1) is 0 Å². The van der Waals surface area contributed by atoms with Crippen LogP contribution in [0.3, 0.4) is 0 Å². The minimum atomic E-state index is 0.653. The lowest BCUT2D eigenvalue weighted by atomic mass is 10.3. The molecule has 0 amide bonds. The Bertz CT molecular complexity index is 452. The monoisotopic (exact) mass is 206 g/mol. The highest BCUT2D eigenvalue weighted by Crippen LogP contribution is 2.09. The first-order valence-corrected chi connectivity index (χ1v) is 4.85. The third kappa shape index (κ3) is 2.07. The molecule has 0 spiro atoms. The van der Waals surface area contributed by atoms with Crippen molar-refractivity contribution in [3.63, 3.8) is 0 Å². The van der Waals surface area contributed by atoms with E-state index >= 15 is 0 Å². The van der Waals surface area contributed by atoms with Gasteiger partial charge in [-0.3, -0.25) is 0 Å². The number of ether oxygens (including phenoxy) is 1. The van der Waals surface area contributed by atoms with E-state index in [-0.39, 0.29) is 0 Å². The molecule has 2 rings (SSSR count). The van der Waals surface area contributed by atoms with Crippen molar-refractivity contribution >= 4 is 11.0 Å². The zero-order chi connectivity index (χ0) is 10.7. The van der Waals surface area contributed by atoms with Crippen molar-refractivity contribution in [2.75, 3.05) is 25.7 Å². The molecule has 0 aromatic carbocycles. The molecule has 5 nitrogen and oxygen atoms in total. The Morgan fingerprint density at radius 1 is 1.47 bits per heavy atom. The summed E-state index contributed by atoms with van der Waals surface area (Å²) in [5, 5.41) is 4.20. The van der Waals surface area contributed by atoms with E-state index in [1.807, 2.05) is 19.1 Å². The normalized spacial score (nSPS) is 10.8. The number of aromatic nitrogens is 3. The Labute approximate surface area is 88.0 Å². The zero-order valence-corrected chi connectivity index (χ0v) is 8.90. The average molecular weight is 206 g/mol. The highest BCUT2D eigenvalue weighted by atomic mass is 16.5. The van der Waals surface area contributed by atoms with Crippen LogP contribution in [0, 0.1) is 6.92 Å². The molecule has 0 fully saturated rings. The number of nitrogens with one attached hydrogen (secondary N) is 1. The summed E-state index contributed by atoms with van der Waals surface area (Å²) < 4.78 is 4.95. The van der Waals surface area contributed by atoms with Gasteiger partial charge in [0.1, 0.15) is 11.0 Å². The number of rotatable bonds is 4. The number of pyridine rings is 1.